The fourth-order valence-corrected chi connectivity index (χ4v) is 3.69. The summed E-state index contributed by atoms with van der Waals surface area (Å²) in [7, 11) is 0. The Bertz CT molecular complexity index is 288. The molecule has 1 unspecified atom stereocenters. The van der Waals surface area contributed by atoms with E-state index in [2.05, 4.69) is 13.8 Å². The van der Waals surface area contributed by atoms with Gasteiger partial charge in [-0.2, -0.15) is 0 Å². The molecule has 1 saturated carbocycles. The van der Waals surface area contributed by atoms with Crippen molar-refractivity contribution in [3.63, 3.8) is 0 Å². The summed E-state index contributed by atoms with van der Waals surface area (Å²) in [5, 5.41) is 0. The zero-order valence-corrected chi connectivity index (χ0v) is 9.33. The summed E-state index contributed by atoms with van der Waals surface area (Å²) in [5.41, 5.74) is 1.35. The number of carbonyl (C=O) groups is 1. The number of rotatable bonds is 1. The van der Waals surface area contributed by atoms with E-state index in [1.807, 2.05) is 6.26 Å². The Kier molecular flexibility index (Phi) is 2.06. The molecule has 0 bridgehead atoms. The first kappa shape index (κ1) is 9.32. The topological polar surface area (TPSA) is 17.1 Å². The molecule has 72 valence electrons. The molecular formula is C11H16OS. The van der Waals surface area contributed by atoms with E-state index in [0.29, 0.717) is 11.7 Å². The van der Waals surface area contributed by atoms with Crippen LogP contribution in [0.15, 0.2) is 10.5 Å². The Labute approximate surface area is 84.0 Å². The number of ketones is 1. The molecule has 0 aromatic carbocycles. The molecule has 2 rings (SSSR count). The number of hydrogen-bond acceptors (Lipinski definition) is 2. The number of carbonyl (C=O) groups excluding carboxylic acids is 1. The van der Waals surface area contributed by atoms with Crippen LogP contribution in [0.3, 0.4) is 0 Å². The molecule has 2 aliphatic rings. The molecular weight excluding hydrogens is 180 g/mol. The van der Waals surface area contributed by atoms with E-state index in [0.717, 1.165) is 11.3 Å². The van der Waals surface area contributed by atoms with Gasteiger partial charge in [0.2, 0.25) is 0 Å². The lowest BCUT2D eigenvalue weighted by atomic mass is 9.79. The largest absolute Gasteiger partial charge is 0.293 e. The minimum absolute atomic E-state index is 0.107. The second-order valence-electron chi connectivity index (χ2n) is 4.55. The van der Waals surface area contributed by atoms with Crippen LogP contribution >= 0.6 is 11.8 Å². The van der Waals surface area contributed by atoms with Crippen molar-refractivity contribution in [1.29, 1.82) is 0 Å². The van der Waals surface area contributed by atoms with Crippen LogP contribution in [0.4, 0.5) is 0 Å². The third-order valence-electron chi connectivity index (χ3n) is 3.52. The Morgan fingerprint density at radius 1 is 1.46 bits per heavy atom. The first-order valence-electron chi connectivity index (χ1n) is 4.91. The van der Waals surface area contributed by atoms with Crippen molar-refractivity contribution in [2.45, 2.75) is 33.1 Å². The van der Waals surface area contributed by atoms with E-state index in [4.69, 9.17) is 0 Å². The standard InChI is InChI=1S/C11H16OS/c1-11(2)8-6-4-5-7(8)9(13-3)10(11)12/h8H,4-6H2,1-3H3. The predicted molar refractivity (Wildman–Crippen MR) is 56.7 cm³/mol. The summed E-state index contributed by atoms with van der Waals surface area (Å²) < 4.78 is 0. The monoisotopic (exact) mass is 196 g/mol. The van der Waals surface area contributed by atoms with E-state index in [1.54, 1.807) is 11.8 Å². The SMILES string of the molecule is CSC1=C2CCCC2C(C)(C)C1=O. The third kappa shape index (κ3) is 1.11. The minimum Gasteiger partial charge on any atom is -0.293 e. The zero-order chi connectivity index (χ0) is 9.64. The van der Waals surface area contributed by atoms with Gasteiger partial charge in [0.15, 0.2) is 5.78 Å². The van der Waals surface area contributed by atoms with Gasteiger partial charge in [-0.05, 0) is 37.0 Å². The predicted octanol–water partition coefficient (Wildman–Crippen LogP) is 3.01. The number of Topliss-reactive ketones (excluding diaryl/α,β-unsaturated/α-hetero) is 1. The second-order valence-corrected chi connectivity index (χ2v) is 5.37. The quantitative estimate of drug-likeness (QED) is 0.641. The summed E-state index contributed by atoms with van der Waals surface area (Å²) in [6.45, 7) is 4.21. The van der Waals surface area contributed by atoms with Gasteiger partial charge in [0.25, 0.3) is 0 Å². The molecule has 2 aliphatic carbocycles. The van der Waals surface area contributed by atoms with Gasteiger partial charge in [-0.15, -0.1) is 11.8 Å². The summed E-state index contributed by atoms with van der Waals surface area (Å²) >= 11 is 1.65. The molecule has 2 heteroatoms. The molecule has 0 aromatic rings. The van der Waals surface area contributed by atoms with E-state index >= 15 is 0 Å². The van der Waals surface area contributed by atoms with Crippen molar-refractivity contribution in [1.82, 2.24) is 0 Å². The fraction of sp³-hybridized carbons (Fsp3) is 0.727. The minimum atomic E-state index is -0.107. The highest BCUT2D eigenvalue weighted by molar-refractivity contribution is 8.03. The smallest absolute Gasteiger partial charge is 0.175 e. The Morgan fingerprint density at radius 2 is 2.15 bits per heavy atom. The van der Waals surface area contributed by atoms with Crippen LogP contribution in [-0.4, -0.2) is 12.0 Å². The van der Waals surface area contributed by atoms with Crippen molar-refractivity contribution >= 4 is 17.5 Å². The van der Waals surface area contributed by atoms with Gasteiger partial charge >= 0.3 is 0 Å². The van der Waals surface area contributed by atoms with E-state index in [9.17, 15) is 4.79 Å². The Hall–Kier alpha value is -0.240. The van der Waals surface area contributed by atoms with Gasteiger partial charge < -0.3 is 0 Å². The van der Waals surface area contributed by atoms with E-state index < -0.39 is 0 Å². The Balaban J connectivity index is 2.45. The van der Waals surface area contributed by atoms with Crippen molar-refractivity contribution in [3.8, 4) is 0 Å². The van der Waals surface area contributed by atoms with Gasteiger partial charge in [0, 0.05) is 5.41 Å². The maximum absolute atomic E-state index is 12.0. The van der Waals surface area contributed by atoms with E-state index in [1.165, 1.54) is 18.4 Å². The number of allylic oxidation sites excluding steroid dienone is 2. The van der Waals surface area contributed by atoms with Crippen LogP contribution in [0.25, 0.3) is 0 Å². The maximum Gasteiger partial charge on any atom is 0.175 e. The molecule has 0 aromatic heterocycles. The summed E-state index contributed by atoms with van der Waals surface area (Å²) in [5.74, 6) is 0.946. The van der Waals surface area contributed by atoms with Crippen LogP contribution in [0.2, 0.25) is 0 Å². The molecule has 1 atom stereocenters. The average Bonchev–Trinajstić information content (AvgIpc) is 2.59. The third-order valence-corrected chi connectivity index (χ3v) is 4.37. The fourth-order valence-electron chi connectivity index (χ4n) is 2.73. The first-order chi connectivity index (χ1) is 6.09. The lowest BCUT2D eigenvalue weighted by Gasteiger charge is -2.23. The molecule has 0 amide bonds. The lowest BCUT2D eigenvalue weighted by molar-refractivity contribution is -0.122. The van der Waals surface area contributed by atoms with Gasteiger partial charge in [-0.25, -0.2) is 0 Å². The molecule has 0 aliphatic heterocycles. The number of fused-ring (bicyclic) bond motifs is 1. The summed E-state index contributed by atoms with van der Waals surface area (Å²) in [6.07, 6.45) is 5.69. The highest BCUT2D eigenvalue weighted by atomic mass is 32.2. The van der Waals surface area contributed by atoms with Crippen molar-refractivity contribution in [2.75, 3.05) is 6.26 Å². The molecule has 0 spiro atoms. The number of thioether (sulfide) groups is 1. The van der Waals surface area contributed by atoms with Gasteiger partial charge in [-0.3, -0.25) is 4.79 Å². The lowest BCUT2D eigenvalue weighted by Crippen LogP contribution is -2.26. The average molecular weight is 196 g/mol. The highest BCUT2D eigenvalue weighted by Crippen LogP contribution is 2.53. The molecule has 0 heterocycles. The van der Waals surface area contributed by atoms with Crippen LogP contribution in [-0.2, 0) is 4.79 Å². The Morgan fingerprint density at radius 3 is 2.77 bits per heavy atom. The molecule has 1 nitrogen and oxygen atoms in total. The second kappa shape index (κ2) is 2.88. The number of hydrogen-bond donors (Lipinski definition) is 0. The highest BCUT2D eigenvalue weighted by Gasteiger charge is 2.48. The van der Waals surface area contributed by atoms with Gasteiger partial charge in [0.1, 0.15) is 0 Å². The van der Waals surface area contributed by atoms with Crippen LogP contribution in [0.1, 0.15) is 33.1 Å². The normalized spacial score (nSPS) is 31.3. The summed E-state index contributed by atoms with van der Waals surface area (Å²) in [4.78, 5) is 13.1. The molecule has 1 fully saturated rings. The molecule has 0 radical (unpaired) electrons. The van der Waals surface area contributed by atoms with Crippen molar-refractivity contribution in [2.24, 2.45) is 11.3 Å². The van der Waals surface area contributed by atoms with Crippen LogP contribution < -0.4 is 0 Å². The van der Waals surface area contributed by atoms with Gasteiger partial charge in [0.05, 0.1) is 4.91 Å². The molecule has 0 N–H and O–H groups in total. The van der Waals surface area contributed by atoms with Crippen molar-refractivity contribution in [3.05, 3.63) is 10.5 Å². The molecule has 0 saturated heterocycles. The zero-order valence-electron chi connectivity index (χ0n) is 8.52. The van der Waals surface area contributed by atoms with Crippen LogP contribution in [0.5, 0.6) is 0 Å². The molecule has 13 heavy (non-hydrogen) atoms. The van der Waals surface area contributed by atoms with Gasteiger partial charge in [-0.1, -0.05) is 13.8 Å². The van der Waals surface area contributed by atoms with E-state index in [-0.39, 0.29) is 5.41 Å². The summed E-state index contributed by atoms with van der Waals surface area (Å²) in [6, 6.07) is 0. The van der Waals surface area contributed by atoms with Crippen LogP contribution in [0, 0.1) is 11.3 Å². The first-order valence-corrected chi connectivity index (χ1v) is 6.13. The van der Waals surface area contributed by atoms with Crippen molar-refractivity contribution < 1.29 is 4.79 Å². The maximum atomic E-state index is 12.0.